The Bertz CT molecular complexity index is 464. The van der Waals surface area contributed by atoms with Gasteiger partial charge in [0.2, 0.25) is 0 Å². The molecule has 1 rings (SSSR count). The highest BCUT2D eigenvalue weighted by Crippen LogP contribution is 2.36. The fourth-order valence-corrected chi connectivity index (χ4v) is 3.99. The Morgan fingerprint density at radius 1 is 1.26 bits per heavy atom. The van der Waals surface area contributed by atoms with E-state index in [-0.39, 0.29) is 5.83 Å². The van der Waals surface area contributed by atoms with E-state index in [0.29, 0.717) is 0 Å². The van der Waals surface area contributed by atoms with Gasteiger partial charge in [-0.3, -0.25) is 0 Å². The van der Waals surface area contributed by atoms with Gasteiger partial charge in [0.25, 0.3) is 0 Å². The van der Waals surface area contributed by atoms with Gasteiger partial charge in [-0.2, -0.15) is 0 Å². The Labute approximate surface area is 145 Å². The molecule has 0 aromatic rings. The van der Waals surface area contributed by atoms with Crippen LogP contribution in [-0.2, 0) is 0 Å². The molecule has 1 aliphatic rings. The van der Waals surface area contributed by atoms with Gasteiger partial charge in [-0.15, -0.1) is 0 Å². The van der Waals surface area contributed by atoms with Crippen LogP contribution in [0.1, 0.15) is 46.5 Å². The summed E-state index contributed by atoms with van der Waals surface area (Å²) in [5.41, 5.74) is 7.22. The number of hydrogen-bond acceptors (Lipinski definition) is 3. The second-order valence-corrected chi connectivity index (χ2v) is 7.56. The van der Waals surface area contributed by atoms with Crippen LogP contribution in [0.25, 0.3) is 0 Å². The first-order valence-electron chi connectivity index (χ1n) is 8.45. The van der Waals surface area contributed by atoms with Gasteiger partial charge in [0, 0.05) is 13.1 Å². The lowest BCUT2D eigenvalue weighted by Gasteiger charge is -2.23. The maximum Gasteiger partial charge on any atom is 0.0968 e. The van der Waals surface area contributed by atoms with E-state index in [2.05, 4.69) is 24.7 Å². The van der Waals surface area contributed by atoms with E-state index < -0.39 is 0 Å². The maximum absolute atomic E-state index is 12.8. The number of allylic oxidation sites excluding steroid dienone is 6. The highest BCUT2D eigenvalue weighted by atomic mass is 32.2. The molecule has 23 heavy (non-hydrogen) atoms. The van der Waals surface area contributed by atoms with Gasteiger partial charge in [0.1, 0.15) is 0 Å². The van der Waals surface area contributed by atoms with Crippen molar-refractivity contribution in [2.75, 3.05) is 13.1 Å². The van der Waals surface area contributed by atoms with Crippen molar-refractivity contribution in [2.24, 2.45) is 17.6 Å². The van der Waals surface area contributed by atoms with Crippen molar-refractivity contribution >= 4 is 11.9 Å². The molecular weight excluding hydrogens is 307 g/mol. The third-order valence-corrected chi connectivity index (χ3v) is 5.20. The molecule has 2 nitrogen and oxygen atoms in total. The van der Waals surface area contributed by atoms with E-state index in [1.807, 2.05) is 12.2 Å². The minimum atomic E-state index is -0.130. The molecule has 2 N–H and O–H groups in total. The molecule has 0 aromatic heterocycles. The Morgan fingerprint density at radius 3 is 2.57 bits per heavy atom. The molecule has 4 heteroatoms. The van der Waals surface area contributed by atoms with Crippen molar-refractivity contribution in [3.63, 3.8) is 0 Å². The van der Waals surface area contributed by atoms with Crippen LogP contribution in [0.3, 0.4) is 0 Å². The highest BCUT2D eigenvalue weighted by molar-refractivity contribution is 8.00. The number of nitrogens with zero attached hydrogens (tertiary/aromatic N) is 1. The molecule has 130 valence electrons. The number of nitrogens with two attached hydrogens (primary N) is 1. The molecule has 0 saturated heterocycles. The lowest BCUT2D eigenvalue weighted by atomic mass is 9.97. The summed E-state index contributed by atoms with van der Waals surface area (Å²) in [5, 5.41) is 0.795. The minimum absolute atomic E-state index is 0.130. The fourth-order valence-electron chi connectivity index (χ4n) is 3.12. The Kier molecular flexibility index (Phi) is 9.34. The van der Waals surface area contributed by atoms with E-state index in [1.165, 1.54) is 31.8 Å². The highest BCUT2D eigenvalue weighted by Gasteiger charge is 2.26. The first kappa shape index (κ1) is 20.0. The summed E-state index contributed by atoms with van der Waals surface area (Å²) in [5.74, 6) is 1.33. The van der Waals surface area contributed by atoms with Crippen LogP contribution >= 0.6 is 11.9 Å². The molecule has 0 aliphatic heterocycles. The third kappa shape index (κ3) is 8.42. The van der Waals surface area contributed by atoms with Crippen LogP contribution < -0.4 is 5.73 Å². The van der Waals surface area contributed by atoms with E-state index in [4.69, 9.17) is 5.73 Å². The second kappa shape index (κ2) is 10.7. The van der Waals surface area contributed by atoms with E-state index in [9.17, 15) is 4.39 Å². The molecule has 2 unspecified atom stereocenters. The predicted octanol–water partition coefficient (Wildman–Crippen LogP) is 5.57. The molecule has 1 fully saturated rings. The Balaban J connectivity index is 2.44. The molecule has 1 aliphatic carbocycles. The molecule has 0 heterocycles. The smallest absolute Gasteiger partial charge is 0.0968 e. The van der Waals surface area contributed by atoms with Crippen LogP contribution in [-0.4, -0.2) is 17.4 Å². The molecule has 0 spiro atoms. The summed E-state index contributed by atoms with van der Waals surface area (Å²) < 4.78 is 15.1. The molecule has 0 bridgehead atoms. The van der Waals surface area contributed by atoms with Crippen LogP contribution in [0.15, 0.2) is 47.3 Å². The maximum atomic E-state index is 12.8. The van der Waals surface area contributed by atoms with Gasteiger partial charge < -0.3 is 5.73 Å². The molecule has 0 radical (unpaired) electrons. The Morgan fingerprint density at radius 2 is 1.96 bits per heavy atom. The van der Waals surface area contributed by atoms with Crippen LogP contribution in [0.4, 0.5) is 4.39 Å². The lowest BCUT2D eigenvalue weighted by molar-refractivity contribution is 0.377. The van der Waals surface area contributed by atoms with Gasteiger partial charge in [-0.05, 0) is 75.5 Å². The average Bonchev–Trinajstić information content (AvgIpc) is 2.91. The van der Waals surface area contributed by atoms with Crippen molar-refractivity contribution in [1.82, 2.24) is 4.31 Å². The zero-order chi connectivity index (χ0) is 17.2. The predicted molar refractivity (Wildman–Crippen MR) is 101 cm³/mol. The summed E-state index contributed by atoms with van der Waals surface area (Å²) >= 11 is 1.62. The van der Waals surface area contributed by atoms with Gasteiger partial charge in [0.05, 0.1) is 10.9 Å². The summed E-state index contributed by atoms with van der Waals surface area (Å²) in [6.45, 7) is 11.5. The van der Waals surface area contributed by atoms with Crippen molar-refractivity contribution in [3.05, 3.63) is 47.3 Å². The van der Waals surface area contributed by atoms with Crippen LogP contribution in [0.2, 0.25) is 0 Å². The topological polar surface area (TPSA) is 29.3 Å². The molecule has 0 amide bonds. The molecule has 1 saturated carbocycles. The van der Waals surface area contributed by atoms with Gasteiger partial charge in [-0.25, -0.2) is 8.70 Å². The van der Waals surface area contributed by atoms with E-state index in [1.54, 1.807) is 24.1 Å². The minimum Gasteiger partial charge on any atom is -0.393 e. The Hall–Kier alpha value is -1.00. The fraction of sp³-hybridized carbons (Fsp3) is 0.579. The van der Waals surface area contributed by atoms with Crippen molar-refractivity contribution in [1.29, 1.82) is 0 Å². The normalized spacial score (nSPS) is 23.6. The van der Waals surface area contributed by atoms with Gasteiger partial charge in [-0.1, -0.05) is 31.2 Å². The van der Waals surface area contributed by atoms with Crippen molar-refractivity contribution < 1.29 is 4.39 Å². The number of hydrogen-bond donors (Lipinski definition) is 1. The molecule has 2 atom stereocenters. The van der Waals surface area contributed by atoms with E-state index >= 15 is 0 Å². The summed E-state index contributed by atoms with van der Waals surface area (Å²) in [6.07, 6.45) is 11.9. The lowest BCUT2D eigenvalue weighted by Crippen LogP contribution is -2.23. The molecule has 0 aromatic carbocycles. The number of rotatable bonds is 9. The second-order valence-electron chi connectivity index (χ2n) is 6.39. The monoisotopic (exact) mass is 338 g/mol. The third-order valence-electron chi connectivity index (χ3n) is 4.19. The largest absolute Gasteiger partial charge is 0.393 e. The quantitative estimate of drug-likeness (QED) is 0.440. The SMILES string of the molecule is C=C/C=C(\N)SN(CC)CC1CCC(C/C(C)=C/C=C(\C)F)C1. The van der Waals surface area contributed by atoms with Gasteiger partial charge >= 0.3 is 0 Å². The van der Waals surface area contributed by atoms with Crippen molar-refractivity contribution in [3.8, 4) is 0 Å². The first-order valence-corrected chi connectivity index (χ1v) is 9.22. The van der Waals surface area contributed by atoms with Crippen molar-refractivity contribution in [2.45, 2.75) is 46.5 Å². The van der Waals surface area contributed by atoms with Crippen LogP contribution in [0, 0.1) is 11.8 Å². The van der Waals surface area contributed by atoms with Gasteiger partial charge in [0.15, 0.2) is 0 Å². The number of halogens is 1. The summed E-state index contributed by atoms with van der Waals surface area (Å²) in [6, 6.07) is 0. The first-order chi connectivity index (χ1) is 10.9. The summed E-state index contributed by atoms with van der Waals surface area (Å²) in [4.78, 5) is 0. The zero-order valence-electron chi connectivity index (χ0n) is 14.7. The summed E-state index contributed by atoms with van der Waals surface area (Å²) in [7, 11) is 0. The molecular formula is C19H31FN2S. The average molecular weight is 339 g/mol. The van der Waals surface area contributed by atoms with Crippen LogP contribution in [0.5, 0.6) is 0 Å². The van der Waals surface area contributed by atoms with E-state index in [0.717, 1.165) is 36.4 Å². The zero-order valence-corrected chi connectivity index (χ0v) is 15.5. The standard InChI is InChI=1S/C19H31FN2S/c1-5-7-19(21)23-22(6-2)14-18-11-10-17(13-18)12-15(3)8-9-16(4)20/h5,7-9,17-18H,1,6,10-14,21H2,2-4H3/b15-8+,16-9+,19-7+.